The van der Waals surface area contributed by atoms with Crippen LogP contribution in [0.15, 0.2) is 0 Å². The fourth-order valence-electron chi connectivity index (χ4n) is 2.08. The fourth-order valence-corrected chi connectivity index (χ4v) is 2.08. The molecule has 2 rings (SSSR count). The molecule has 0 atom stereocenters. The van der Waals surface area contributed by atoms with Crippen LogP contribution < -0.4 is 15.1 Å². The van der Waals surface area contributed by atoms with Gasteiger partial charge in [0.15, 0.2) is 0 Å². The number of nitrogens with one attached hydrogen (secondary N) is 1. The average Bonchev–Trinajstić information content (AvgIpc) is 2.45. The molecular weight excluding hydrogens is 256 g/mol. The second-order valence-electron chi connectivity index (χ2n) is 5.30. The molecule has 7 nitrogen and oxygen atoms in total. The van der Waals surface area contributed by atoms with Gasteiger partial charge >= 0.3 is 0 Å². The van der Waals surface area contributed by atoms with Gasteiger partial charge in [0, 0.05) is 33.7 Å². The second kappa shape index (κ2) is 6.69. The molecule has 20 heavy (non-hydrogen) atoms. The van der Waals surface area contributed by atoms with Gasteiger partial charge in [-0.05, 0) is 19.3 Å². The van der Waals surface area contributed by atoms with Crippen molar-refractivity contribution in [2.24, 2.45) is 0 Å². The molecule has 0 spiro atoms. The van der Waals surface area contributed by atoms with Gasteiger partial charge in [-0.3, -0.25) is 0 Å². The van der Waals surface area contributed by atoms with Crippen LogP contribution in [0.5, 0.6) is 0 Å². The van der Waals surface area contributed by atoms with E-state index in [1.54, 1.807) is 0 Å². The summed E-state index contributed by atoms with van der Waals surface area (Å²) in [5, 5.41) is 12.8. The Morgan fingerprint density at radius 1 is 1.25 bits per heavy atom. The number of aliphatic hydroxyl groups is 1. The Hall–Kier alpha value is -1.63. The molecule has 0 unspecified atom stereocenters. The van der Waals surface area contributed by atoms with Crippen LogP contribution in [-0.4, -0.2) is 59.9 Å². The molecule has 1 aliphatic heterocycles. The Morgan fingerprint density at radius 3 is 2.55 bits per heavy atom. The second-order valence-corrected chi connectivity index (χ2v) is 5.30. The minimum absolute atomic E-state index is 0.195. The molecule has 0 amide bonds. The van der Waals surface area contributed by atoms with Crippen LogP contribution in [0.25, 0.3) is 0 Å². The summed E-state index contributed by atoms with van der Waals surface area (Å²) in [6.45, 7) is 4.51. The number of aliphatic hydroxyl groups excluding tert-OH is 1. The standard InChI is InChI=1S/C13H24N6O/c1-4-7-14-11-15-12(18(2)3)17-13(16-11)19-8-5-10(20)6-9-19/h10,20H,4-9H2,1-3H3,(H,14,15,16,17). The third-order valence-electron chi connectivity index (χ3n) is 3.29. The maximum Gasteiger partial charge on any atom is 0.231 e. The van der Waals surface area contributed by atoms with Crippen molar-refractivity contribution in [3.63, 3.8) is 0 Å². The van der Waals surface area contributed by atoms with Crippen molar-refractivity contribution in [1.29, 1.82) is 0 Å². The Labute approximate surface area is 120 Å². The number of hydrogen-bond donors (Lipinski definition) is 2. The van der Waals surface area contributed by atoms with Crippen molar-refractivity contribution in [3.05, 3.63) is 0 Å². The largest absolute Gasteiger partial charge is 0.393 e. The maximum atomic E-state index is 9.59. The first-order valence-corrected chi connectivity index (χ1v) is 7.20. The first kappa shape index (κ1) is 14.8. The smallest absolute Gasteiger partial charge is 0.231 e. The Bertz CT molecular complexity index is 431. The SMILES string of the molecule is CCCNc1nc(N(C)C)nc(N2CCC(O)CC2)n1. The van der Waals surface area contributed by atoms with E-state index in [-0.39, 0.29) is 6.10 Å². The summed E-state index contributed by atoms with van der Waals surface area (Å²) in [6, 6.07) is 0. The third kappa shape index (κ3) is 3.69. The summed E-state index contributed by atoms with van der Waals surface area (Å²) in [5.74, 6) is 1.96. The first-order valence-electron chi connectivity index (χ1n) is 7.20. The van der Waals surface area contributed by atoms with Crippen LogP contribution in [0.1, 0.15) is 26.2 Å². The number of rotatable bonds is 5. The monoisotopic (exact) mass is 280 g/mol. The van der Waals surface area contributed by atoms with Crippen molar-refractivity contribution >= 4 is 17.8 Å². The highest BCUT2D eigenvalue weighted by molar-refractivity contribution is 5.44. The van der Waals surface area contributed by atoms with Gasteiger partial charge < -0.3 is 20.2 Å². The van der Waals surface area contributed by atoms with E-state index in [4.69, 9.17) is 0 Å². The van der Waals surface area contributed by atoms with E-state index in [1.165, 1.54) is 0 Å². The van der Waals surface area contributed by atoms with E-state index >= 15 is 0 Å². The van der Waals surface area contributed by atoms with Crippen molar-refractivity contribution in [3.8, 4) is 0 Å². The lowest BCUT2D eigenvalue weighted by molar-refractivity contribution is 0.145. The Balaban J connectivity index is 2.19. The number of aromatic nitrogens is 3. The van der Waals surface area contributed by atoms with E-state index in [1.807, 2.05) is 19.0 Å². The summed E-state index contributed by atoms with van der Waals surface area (Å²) in [6.07, 6.45) is 2.36. The molecule has 1 fully saturated rings. The van der Waals surface area contributed by atoms with Gasteiger partial charge in [-0.25, -0.2) is 0 Å². The molecule has 2 N–H and O–H groups in total. The van der Waals surface area contributed by atoms with E-state index < -0.39 is 0 Å². The Kier molecular flexibility index (Phi) is 4.94. The minimum Gasteiger partial charge on any atom is -0.393 e. The quantitative estimate of drug-likeness (QED) is 0.823. The zero-order valence-electron chi connectivity index (χ0n) is 12.5. The molecular formula is C13H24N6O. The predicted octanol–water partition coefficient (Wildman–Crippen LogP) is 0.721. The van der Waals surface area contributed by atoms with Gasteiger partial charge in [0.25, 0.3) is 0 Å². The van der Waals surface area contributed by atoms with Crippen LogP contribution in [-0.2, 0) is 0 Å². The molecule has 1 aromatic rings. The highest BCUT2D eigenvalue weighted by atomic mass is 16.3. The van der Waals surface area contributed by atoms with Crippen LogP contribution >= 0.6 is 0 Å². The molecule has 0 aliphatic carbocycles. The summed E-state index contributed by atoms with van der Waals surface area (Å²) in [5.41, 5.74) is 0. The number of piperidine rings is 1. The highest BCUT2D eigenvalue weighted by Crippen LogP contribution is 2.19. The topological polar surface area (TPSA) is 77.4 Å². The van der Waals surface area contributed by atoms with Crippen LogP contribution in [0.3, 0.4) is 0 Å². The normalized spacial score (nSPS) is 16.3. The van der Waals surface area contributed by atoms with Gasteiger partial charge in [0.2, 0.25) is 17.8 Å². The van der Waals surface area contributed by atoms with Crippen LogP contribution in [0, 0.1) is 0 Å². The first-order chi connectivity index (χ1) is 9.60. The van der Waals surface area contributed by atoms with Gasteiger partial charge in [-0.15, -0.1) is 0 Å². The van der Waals surface area contributed by atoms with Crippen molar-refractivity contribution in [2.75, 3.05) is 48.8 Å². The Morgan fingerprint density at radius 2 is 1.95 bits per heavy atom. The predicted molar refractivity (Wildman–Crippen MR) is 80.4 cm³/mol. The summed E-state index contributed by atoms with van der Waals surface area (Å²) >= 11 is 0. The van der Waals surface area contributed by atoms with Gasteiger partial charge in [0.05, 0.1) is 6.10 Å². The average molecular weight is 280 g/mol. The minimum atomic E-state index is -0.195. The molecule has 0 bridgehead atoms. The van der Waals surface area contributed by atoms with Crippen molar-refractivity contribution in [1.82, 2.24) is 15.0 Å². The molecule has 7 heteroatoms. The molecule has 0 aromatic carbocycles. The van der Waals surface area contributed by atoms with E-state index in [2.05, 4.69) is 32.1 Å². The number of nitrogens with zero attached hydrogens (tertiary/aromatic N) is 5. The van der Waals surface area contributed by atoms with Gasteiger partial charge in [0.1, 0.15) is 0 Å². The number of hydrogen-bond acceptors (Lipinski definition) is 7. The zero-order valence-corrected chi connectivity index (χ0v) is 12.5. The van der Waals surface area contributed by atoms with Crippen LogP contribution in [0.2, 0.25) is 0 Å². The van der Waals surface area contributed by atoms with Gasteiger partial charge in [-0.1, -0.05) is 6.92 Å². The molecule has 0 radical (unpaired) electrons. The summed E-state index contributed by atoms with van der Waals surface area (Å²) in [4.78, 5) is 17.4. The van der Waals surface area contributed by atoms with E-state index in [9.17, 15) is 5.11 Å². The fraction of sp³-hybridized carbons (Fsp3) is 0.769. The lowest BCUT2D eigenvalue weighted by Crippen LogP contribution is -2.37. The van der Waals surface area contributed by atoms with E-state index in [0.717, 1.165) is 38.9 Å². The van der Waals surface area contributed by atoms with Gasteiger partial charge in [-0.2, -0.15) is 15.0 Å². The molecule has 1 aliphatic rings. The third-order valence-corrected chi connectivity index (χ3v) is 3.29. The summed E-state index contributed by atoms with van der Waals surface area (Å²) < 4.78 is 0. The molecule has 112 valence electrons. The zero-order chi connectivity index (χ0) is 14.5. The molecule has 2 heterocycles. The maximum absolute atomic E-state index is 9.59. The van der Waals surface area contributed by atoms with Crippen molar-refractivity contribution < 1.29 is 5.11 Å². The number of anilines is 3. The molecule has 1 saturated heterocycles. The molecule has 0 saturated carbocycles. The lowest BCUT2D eigenvalue weighted by Gasteiger charge is -2.30. The lowest BCUT2D eigenvalue weighted by atomic mass is 10.1. The van der Waals surface area contributed by atoms with Crippen molar-refractivity contribution in [2.45, 2.75) is 32.3 Å². The van der Waals surface area contributed by atoms with Crippen LogP contribution in [0.4, 0.5) is 17.8 Å². The summed E-state index contributed by atoms with van der Waals surface area (Å²) in [7, 11) is 3.84. The van der Waals surface area contributed by atoms with E-state index in [0.29, 0.717) is 17.8 Å². The molecule has 1 aromatic heterocycles. The highest BCUT2D eigenvalue weighted by Gasteiger charge is 2.20.